The quantitative estimate of drug-likeness (QED) is 0.798. The summed E-state index contributed by atoms with van der Waals surface area (Å²) in [4.78, 5) is 20.0. The normalized spacial score (nSPS) is 21.3. The molecule has 2 amide bonds. The van der Waals surface area contributed by atoms with Gasteiger partial charge in [0, 0.05) is 50.5 Å². The van der Waals surface area contributed by atoms with E-state index in [1.807, 2.05) is 12.1 Å². The fourth-order valence-corrected chi connectivity index (χ4v) is 3.39. The zero-order chi connectivity index (χ0) is 19.3. The summed E-state index contributed by atoms with van der Waals surface area (Å²) in [6.45, 7) is 2.66. The summed E-state index contributed by atoms with van der Waals surface area (Å²) >= 11 is 0. The number of carbonyl (C=O) groups is 1. The van der Waals surface area contributed by atoms with Crippen molar-refractivity contribution in [3.63, 3.8) is 0 Å². The molecule has 3 rings (SSSR count). The molecule has 1 unspecified atom stereocenters. The number of anilines is 1. The Morgan fingerprint density at radius 3 is 2.81 bits per heavy atom. The Morgan fingerprint density at radius 2 is 2.07 bits per heavy atom. The van der Waals surface area contributed by atoms with E-state index in [1.165, 1.54) is 4.90 Å². The number of halogens is 3. The van der Waals surface area contributed by atoms with Crippen LogP contribution in [0.15, 0.2) is 18.3 Å². The first-order valence-electron chi connectivity index (χ1n) is 9.01. The molecule has 1 aromatic heterocycles. The number of carbonyl (C=O) groups excluding carboxylic acids is 1. The van der Waals surface area contributed by atoms with Crippen LogP contribution in [0.1, 0.15) is 12.0 Å². The summed E-state index contributed by atoms with van der Waals surface area (Å²) < 4.78 is 42.7. The number of hydrogen-bond acceptors (Lipinski definition) is 5. The Labute approximate surface area is 155 Å². The monoisotopic (exact) mass is 387 g/mol. The molecule has 2 fully saturated rings. The van der Waals surface area contributed by atoms with E-state index < -0.39 is 12.7 Å². The van der Waals surface area contributed by atoms with Gasteiger partial charge in [-0.1, -0.05) is 6.07 Å². The first-order valence-corrected chi connectivity index (χ1v) is 9.01. The van der Waals surface area contributed by atoms with Crippen molar-refractivity contribution in [3.8, 4) is 0 Å². The van der Waals surface area contributed by atoms with Crippen molar-refractivity contribution in [2.45, 2.75) is 25.2 Å². The molecule has 2 N–H and O–H groups in total. The van der Waals surface area contributed by atoms with Gasteiger partial charge >= 0.3 is 12.2 Å². The van der Waals surface area contributed by atoms with Gasteiger partial charge in [-0.05, 0) is 12.5 Å². The van der Waals surface area contributed by atoms with Crippen molar-refractivity contribution in [2.75, 3.05) is 50.8 Å². The van der Waals surface area contributed by atoms with Crippen LogP contribution in [0.4, 0.5) is 23.8 Å². The molecule has 0 aromatic carbocycles. The number of likely N-dealkylation sites (tertiary alicyclic amines) is 1. The maximum absolute atomic E-state index is 12.4. The van der Waals surface area contributed by atoms with E-state index in [0.29, 0.717) is 32.7 Å². The van der Waals surface area contributed by atoms with Crippen molar-refractivity contribution in [3.05, 3.63) is 23.9 Å². The number of aromatic nitrogens is 1. The molecule has 1 atom stereocenters. The predicted molar refractivity (Wildman–Crippen MR) is 93.5 cm³/mol. The van der Waals surface area contributed by atoms with Crippen LogP contribution in [0.3, 0.4) is 0 Å². The molecule has 2 aliphatic heterocycles. The smallest absolute Gasteiger partial charge is 0.378 e. The summed E-state index contributed by atoms with van der Waals surface area (Å²) in [5, 5.41) is 5.53. The number of nitrogens with one attached hydrogen (secondary N) is 2. The van der Waals surface area contributed by atoms with Crippen LogP contribution in [0.5, 0.6) is 0 Å². The minimum atomic E-state index is -4.21. The molecule has 3 heterocycles. The lowest BCUT2D eigenvalue weighted by atomic mass is 10.2. The average Bonchev–Trinajstić information content (AvgIpc) is 3.06. The van der Waals surface area contributed by atoms with Gasteiger partial charge in [0.1, 0.15) is 5.82 Å². The molecule has 7 nitrogen and oxygen atoms in total. The number of amides is 2. The number of ether oxygens (including phenoxy) is 1. The molecule has 0 bridgehead atoms. The molecule has 0 radical (unpaired) electrons. The third kappa shape index (κ3) is 5.96. The SMILES string of the molecule is O=C(NCc1cccnc1N1CCOCC1)NC1CCN(CC(F)(F)F)C1. The van der Waals surface area contributed by atoms with Gasteiger partial charge in [-0.2, -0.15) is 13.2 Å². The summed E-state index contributed by atoms with van der Waals surface area (Å²) in [5.41, 5.74) is 0.889. The minimum absolute atomic E-state index is 0.207. The molecule has 2 saturated heterocycles. The lowest BCUT2D eigenvalue weighted by Gasteiger charge is -2.29. The van der Waals surface area contributed by atoms with E-state index in [-0.39, 0.29) is 18.6 Å². The minimum Gasteiger partial charge on any atom is -0.378 e. The molecule has 0 saturated carbocycles. The van der Waals surface area contributed by atoms with E-state index in [0.717, 1.165) is 24.5 Å². The molecule has 27 heavy (non-hydrogen) atoms. The second-order valence-corrected chi connectivity index (χ2v) is 6.75. The Hall–Kier alpha value is -2.07. The Morgan fingerprint density at radius 1 is 1.30 bits per heavy atom. The van der Waals surface area contributed by atoms with Crippen LogP contribution in [0.2, 0.25) is 0 Å². The van der Waals surface area contributed by atoms with Gasteiger partial charge in [-0.25, -0.2) is 9.78 Å². The summed E-state index contributed by atoms with van der Waals surface area (Å²) in [6, 6.07) is 3.05. The largest absolute Gasteiger partial charge is 0.401 e. The van der Waals surface area contributed by atoms with Crippen LogP contribution < -0.4 is 15.5 Å². The molecule has 0 spiro atoms. The topological polar surface area (TPSA) is 69.7 Å². The first-order chi connectivity index (χ1) is 12.9. The maximum atomic E-state index is 12.4. The van der Waals surface area contributed by atoms with Crippen LogP contribution >= 0.6 is 0 Å². The standard InChI is InChI=1S/C17H24F3N5O2/c18-17(19,20)12-24-5-3-14(11-24)23-16(26)22-10-13-2-1-4-21-15(13)25-6-8-27-9-7-25/h1-2,4,14H,3,5-12H2,(H2,22,23,26). The van der Waals surface area contributed by atoms with Gasteiger partial charge in [0.2, 0.25) is 0 Å². The Bertz CT molecular complexity index is 637. The second-order valence-electron chi connectivity index (χ2n) is 6.75. The van der Waals surface area contributed by atoms with Crippen molar-refractivity contribution in [1.29, 1.82) is 0 Å². The predicted octanol–water partition coefficient (Wildman–Crippen LogP) is 1.35. The molecule has 0 aliphatic carbocycles. The van der Waals surface area contributed by atoms with Gasteiger partial charge in [0.05, 0.1) is 19.8 Å². The van der Waals surface area contributed by atoms with Crippen molar-refractivity contribution in [1.82, 2.24) is 20.5 Å². The van der Waals surface area contributed by atoms with Gasteiger partial charge in [0.25, 0.3) is 0 Å². The second kappa shape index (κ2) is 8.75. The van der Waals surface area contributed by atoms with E-state index >= 15 is 0 Å². The fraction of sp³-hybridized carbons (Fsp3) is 0.647. The zero-order valence-corrected chi connectivity index (χ0v) is 15.0. The average molecular weight is 387 g/mol. The highest BCUT2D eigenvalue weighted by Gasteiger charge is 2.34. The van der Waals surface area contributed by atoms with Gasteiger partial charge < -0.3 is 20.3 Å². The van der Waals surface area contributed by atoms with Crippen LogP contribution in [-0.2, 0) is 11.3 Å². The van der Waals surface area contributed by atoms with E-state index in [2.05, 4.69) is 20.5 Å². The maximum Gasteiger partial charge on any atom is 0.401 e. The molecular weight excluding hydrogens is 363 g/mol. The van der Waals surface area contributed by atoms with Crippen LogP contribution in [0, 0.1) is 0 Å². The van der Waals surface area contributed by atoms with E-state index in [4.69, 9.17) is 4.74 Å². The van der Waals surface area contributed by atoms with Gasteiger partial charge in [0.15, 0.2) is 0 Å². The number of alkyl halides is 3. The summed E-state index contributed by atoms with van der Waals surface area (Å²) in [5.74, 6) is 0.818. The van der Waals surface area contributed by atoms with Crippen LogP contribution in [-0.4, -0.2) is 74.1 Å². The fourth-order valence-electron chi connectivity index (χ4n) is 3.39. The molecular formula is C17H24F3N5O2. The number of nitrogens with zero attached hydrogens (tertiary/aromatic N) is 3. The summed E-state index contributed by atoms with van der Waals surface area (Å²) in [7, 11) is 0. The van der Waals surface area contributed by atoms with Crippen LogP contribution in [0.25, 0.3) is 0 Å². The van der Waals surface area contributed by atoms with Crippen molar-refractivity contribution in [2.24, 2.45) is 0 Å². The van der Waals surface area contributed by atoms with E-state index in [1.54, 1.807) is 6.20 Å². The number of rotatable bonds is 5. The molecule has 10 heteroatoms. The Balaban J connectivity index is 1.47. The lowest BCUT2D eigenvalue weighted by molar-refractivity contribution is -0.143. The molecule has 2 aliphatic rings. The van der Waals surface area contributed by atoms with E-state index in [9.17, 15) is 18.0 Å². The van der Waals surface area contributed by atoms with Crippen molar-refractivity contribution >= 4 is 11.8 Å². The summed E-state index contributed by atoms with van der Waals surface area (Å²) in [6.07, 6.45) is -2.00. The third-order valence-corrected chi connectivity index (χ3v) is 4.63. The third-order valence-electron chi connectivity index (χ3n) is 4.63. The first kappa shape index (κ1) is 19.7. The zero-order valence-electron chi connectivity index (χ0n) is 15.0. The highest BCUT2D eigenvalue weighted by molar-refractivity contribution is 5.74. The number of morpholine rings is 1. The number of pyridine rings is 1. The highest BCUT2D eigenvalue weighted by atomic mass is 19.4. The number of hydrogen-bond donors (Lipinski definition) is 2. The van der Waals surface area contributed by atoms with Crippen molar-refractivity contribution < 1.29 is 22.7 Å². The lowest BCUT2D eigenvalue weighted by Crippen LogP contribution is -2.44. The molecule has 1 aromatic rings. The Kier molecular flexibility index (Phi) is 6.38. The van der Waals surface area contributed by atoms with Gasteiger partial charge in [-0.3, -0.25) is 4.90 Å². The molecule has 150 valence electrons. The highest BCUT2D eigenvalue weighted by Crippen LogP contribution is 2.20. The number of urea groups is 1. The van der Waals surface area contributed by atoms with Gasteiger partial charge in [-0.15, -0.1) is 0 Å².